The van der Waals surface area contributed by atoms with Crippen LogP contribution in [0.1, 0.15) is 34.8 Å². The molecule has 0 heterocycles. The van der Waals surface area contributed by atoms with Gasteiger partial charge in [0.15, 0.2) is 0 Å². The number of ether oxygens (including phenoxy) is 2. The molecule has 1 N–H and O–H groups in total. The second kappa shape index (κ2) is 8.31. The van der Waals surface area contributed by atoms with Gasteiger partial charge >= 0.3 is 11.9 Å². The summed E-state index contributed by atoms with van der Waals surface area (Å²) in [5.74, 6) is -1.97. The molecule has 2 atom stereocenters. The van der Waals surface area contributed by atoms with Gasteiger partial charge in [0.25, 0.3) is 5.91 Å². The summed E-state index contributed by atoms with van der Waals surface area (Å²) in [6, 6.07) is 4.51. The van der Waals surface area contributed by atoms with Crippen LogP contribution in [0.2, 0.25) is 0 Å². The minimum absolute atomic E-state index is 0.107. The molecule has 0 saturated carbocycles. The first-order chi connectivity index (χ1) is 10.8. The molecule has 0 aromatic heterocycles. The van der Waals surface area contributed by atoms with E-state index in [2.05, 4.69) is 10.1 Å². The predicted molar refractivity (Wildman–Crippen MR) is 85.0 cm³/mol. The van der Waals surface area contributed by atoms with Crippen molar-refractivity contribution in [2.24, 2.45) is 5.92 Å². The Hall–Kier alpha value is -2.37. The molecule has 23 heavy (non-hydrogen) atoms. The second-order valence-electron chi connectivity index (χ2n) is 5.59. The number of rotatable bonds is 6. The largest absolute Gasteiger partial charge is 0.469 e. The fourth-order valence-corrected chi connectivity index (χ4v) is 2.35. The van der Waals surface area contributed by atoms with Crippen molar-refractivity contribution in [2.45, 2.75) is 33.2 Å². The van der Waals surface area contributed by atoms with E-state index in [0.717, 1.165) is 11.1 Å². The Labute approximate surface area is 136 Å². The van der Waals surface area contributed by atoms with Crippen molar-refractivity contribution in [1.82, 2.24) is 5.32 Å². The summed E-state index contributed by atoms with van der Waals surface area (Å²) in [6.07, 6.45) is 0.107. The van der Waals surface area contributed by atoms with E-state index in [0.29, 0.717) is 5.56 Å². The van der Waals surface area contributed by atoms with Crippen LogP contribution in [0.5, 0.6) is 0 Å². The quantitative estimate of drug-likeness (QED) is 0.808. The molecule has 6 nitrogen and oxygen atoms in total. The molecule has 0 bridgehead atoms. The van der Waals surface area contributed by atoms with E-state index in [4.69, 9.17) is 4.74 Å². The Balaban J connectivity index is 2.90. The number of carbonyl (C=O) groups is 3. The van der Waals surface area contributed by atoms with Crippen molar-refractivity contribution >= 4 is 17.8 Å². The number of amides is 1. The number of hydrogen-bond donors (Lipinski definition) is 1. The number of carbonyl (C=O) groups excluding carboxylic acids is 3. The van der Waals surface area contributed by atoms with Crippen LogP contribution in [0.15, 0.2) is 18.2 Å². The Bertz CT molecular complexity index is 576. The first-order valence-electron chi connectivity index (χ1n) is 7.33. The number of benzene rings is 1. The number of nitrogens with one attached hydrogen (secondary N) is 1. The maximum Gasteiger partial charge on any atom is 0.328 e. The molecule has 6 heteroatoms. The summed E-state index contributed by atoms with van der Waals surface area (Å²) < 4.78 is 9.35. The van der Waals surface area contributed by atoms with Crippen molar-refractivity contribution < 1.29 is 23.9 Å². The molecular weight excluding hydrogens is 298 g/mol. The third-order valence-corrected chi connectivity index (χ3v) is 3.47. The first kappa shape index (κ1) is 18.7. The van der Waals surface area contributed by atoms with E-state index in [1.807, 2.05) is 19.9 Å². The third kappa shape index (κ3) is 5.39. The Morgan fingerprint density at radius 3 is 2.00 bits per heavy atom. The maximum atomic E-state index is 12.4. The summed E-state index contributed by atoms with van der Waals surface area (Å²) in [4.78, 5) is 35.8. The molecule has 1 rings (SSSR count). The molecular formula is C17H23NO5. The van der Waals surface area contributed by atoms with Gasteiger partial charge in [0.05, 0.1) is 20.1 Å². The van der Waals surface area contributed by atoms with Gasteiger partial charge in [-0.1, -0.05) is 24.1 Å². The highest BCUT2D eigenvalue weighted by molar-refractivity contribution is 5.97. The van der Waals surface area contributed by atoms with Gasteiger partial charge < -0.3 is 14.8 Å². The number of hydrogen-bond acceptors (Lipinski definition) is 5. The van der Waals surface area contributed by atoms with Crippen molar-refractivity contribution in [1.29, 1.82) is 0 Å². The van der Waals surface area contributed by atoms with Crippen LogP contribution in [-0.2, 0) is 19.1 Å². The van der Waals surface area contributed by atoms with E-state index in [-0.39, 0.29) is 12.3 Å². The van der Waals surface area contributed by atoms with Crippen LogP contribution >= 0.6 is 0 Å². The minimum Gasteiger partial charge on any atom is -0.469 e. The zero-order valence-corrected chi connectivity index (χ0v) is 14.1. The normalized spacial score (nSPS) is 12.9. The fraction of sp³-hybridized carbons (Fsp3) is 0.471. The van der Waals surface area contributed by atoms with Gasteiger partial charge in [-0.25, -0.2) is 4.79 Å². The summed E-state index contributed by atoms with van der Waals surface area (Å²) in [6.45, 7) is 5.41. The summed E-state index contributed by atoms with van der Waals surface area (Å²) in [7, 11) is 2.52. The first-order valence-corrected chi connectivity index (χ1v) is 7.33. The molecule has 1 aromatic rings. The standard InChI is InChI=1S/C17H23NO5/c1-10-6-11(2)8-13(7-10)15(19)18-14(17(21)23-5)9-12(3)16(20)22-4/h6-8,12,14H,9H2,1-5H3,(H,18,19)/t12-,14+/m1/s1. The minimum atomic E-state index is -0.914. The molecule has 0 aliphatic carbocycles. The lowest BCUT2D eigenvalue weighted by Crippen LogP contribution is -2.43. The lowest BCUT2D eigenvalue weighted by molar-refractivity contribution is -0.147. The monoisotopic (exact) mass is 321 g/mol. The van der Waals surface area contributed by atoms with Crippen molar-refractivity contribution in [3.63, 3.8) is 0 Å². The lowest BCUT2D eigenvalue weighted by Gasteiger charge is -2.19. The van der Waals surface area contributed by atoms with E-state index in [9.17, 15) is 14.4 Å². The van der Waals surface area contributed by atoms with Crippen LogP contribution in [0.4, 0.5) is 0 Å². The molecule has 1 amide bonds. The average Bonchev–Trinajstić information content (AvgIpc) is 2.51. The molecule has 0 fully saturated rings. The third-order valence-electron chi connectivity index (χ3n) is 3.47. The molecule has 0 spiro atoms. The molecule has 0 aliphatic heterocycles. The smallest absolute Gasteiger partial charge is 0.328 e. The van der Waals surface area contributed by atoms with Gasteiger partial charge in [-0.2, -0.15) is 0 Å². The molecule has 0 saturated heterocycles. The fourth-order valence-electron chi connectivity index (χ4n) is 2.35. The van der Waals surface area contributed by atoms with Gasteiger partial charge in [-0.3, -0.25) is 9.59 Å². The Kier molecular flexibility index (Phi) is 6.75. The van der Waals surface area contributed by atoms with E-state index < -0.39 is 23.9 Å². The highest BCUT2D eigenvalue weighted by Crippen LogP contribution is 2.12. The highest BCUT2D eigenvalue weighted by Gasteiger charge is 2.27. The molecule has 1 aromatic carbocycles. The Morgan fingerprint density at radius 2 is 1.52 bits per heavy atom. The van der Waals surface area contributed by atoms with Gasteiger partial charge in [0, 0.05) is 5.56 Å². The maximum absolute atomic E-state index is 12.4. The van der Waals surface area contributed by atoms with Gasteiger partial charge in [-0.05, 0) is 32.4 Å². The number of esters is 2. The number of methoxy groups -OCH3 is 2. The average molecular weight is 321 g/mol. The Morgan fingerprint density at radius 1 is 1.00 bits per heavy atom. The topological polar surface area (TPSA) is 81.7 Å². The second-order valence-corrected chi connectivity index (χ2v) is 5.59. The van der Waals surface area contributed by atoms with Crippen molar-refractivity contribution in [3.05, 3.63) is 34.9 Å². The predicted octanol–water partition coefficient (Wildman–Crippen LogP) is 1.77. The van der Waals surface area contributed by atoms with Gasteiger partial charge in [0.2, 0.25) is 0 Å². The van der Waals surface area contributed by atoms with Crippen molar-refractivity contribution in [2.75, 3.05) is 14.2 Å². The van der Waals surface area contributed by atoms with Crippen LogP contribution in [0, 0.1) is 19.8 Å². The molecule has 0 radical (unpaired) electrons. The van der Waals surface area contributed by atoms with E-state index >= 15 is 0 Å². The highest BCUT2D eigenvalue weighted by atomic mass is 16.5. The summed E-state index contributed by atoms with van der Waals surface area (Å²) >= 11 is 0. The molecule has 0 aliphatic rings. The zero-order valence-electron chi connectivity index (χ0n) is 14.1. The van der Waals surface area contributed by atoms with Crippen LogP contribution in [-0.4, -0.2) is 38.1 Å². The molecule has 126 valence electrons. The van der Waals surface area contributed by atoms with E-state index in [1.54, 1.807) is 19.1 Å². The lowest BCUT2D eigenvalue weighted by atomic mass is 10.0. The van der Waals surface area contributed by atoms with Crippen LogP contribution < -0.4 is 5.32 Å². The van der Waals surface area contributed by atoms with Gasteiger partial charge in [-0.15, -0.1) is 0 Å². The SMILES string of the molecule is COC(=O)[C@H](C)C[C@H](NC(=O)c1cc(C)cc(C)c1)C(=O)OC. The number of aryl methyl sites for hydroxylation is 2. The summed E-state index contributed by atoms with van der Waals surface area (Å²) in [5, 5.41) is 2.63. The van der Waals surface area contributed by atoms with Gasteiger partial charge in [0.1, 0.15) is 6.04 Å². The summed E-state index contributed by atoms with van der Waals surface area (Å²) in [5.41, 5.74) is 2.36. The zero-order chi connectivity index (χ0) is 17.6. The molecule has 0 unspecified atom stereocenters. The van der Waals surface area contributed by atoms with Crippen LogP contribution in [0.3, 0.4) is 0 Å². The van der Waals surface area contributed by atoms with Crippen molar-refractivity contribution in [3.8, 4) is 0 Å². The van der Waals surface area contributed by atoms with Crippen LogP contribution in [0.25, 0.3) is 0 Å². The van der Waals surface area contributed by atoms with E-state index in [1.165, 1.54) is 14.2 Å².